The Morgan fingerprint density at radius 1 is 1.27 bits per heavy atom. The van der Waals surface area contributed by atoms with Crippen molar-refractivity contribution in [3.05, 3.63) is 0 Å². The predicted molar refractivity (Wildman–Crippen MR) is 57.6 cm³/mol. The minimum atomic E-state index is -1.25. The molecule has 0 heterocycles. The molecule has 3 heteroatoms. The van der Waals surface area contributed by atoms with Gasteiger partial charge in [-0.1, -0.05) is 13.8 Å². The fourth-order valence-electron chi connectivity index (χ4n) is 1.32. The molecule has 0 rings (SSSR count). The van der Waals surface area contributed by atoms with Crippen molar-refractivity contribution in [2.75, 3.05) is 0 Å². The maximum absolute atomic E-state index is 5.95. The normalized spacial score (nSPS) is 15.8. The van der Waals surface area contributed by atoms with E-state index in [1.54, 1.807) is 0 Å². The van der Waals surface area contributed by atoms with Crippen LogP contribution in [-0.4, -0.2) is 24.3 Å². The standard InChI is InChI=1S/C8H22OSi2/c1-7(2)6-8(10)9-11(3,4)5/h7-8H,6H2,1-5,10H3. The summed E-state index contributed by atoms with van der Waals surface area (Å²) in [5.74, 6) is 0.786. The number of hydrogen-bond donors (Lipinski definition) is 0. The molecule has 0 fully saturated rings. The highest BCUT2D eigenvalue weighted by molar-refractivity contribution is 6.70. The van der Waals surface area contributed by atoms with Gasteiger partial charge in [0.25, 0.3) is 0 Å². The summed E-state index contributed by atoms with van der Waals surface area (Å²) in [7, 11) is -0.0720. The van der Waals surface area contributed by atoms with E-state index in [1.165, 1.54) is 16.7 Å². The van der Waals surface area contributed by atoms with Crippen LogP contribution >= 0.6 is 0 Å². The molecule has 1 atom stereocenters. The molecule has 11 heavy (non-hydrogen) atoms. The molecule has 1 nitrogen and oxygen atoms in total. The van der Waals surface area contributed by atoms with E-state index in [9.17, 15) is 0 Å². The van der Waals surface area contributed by atoms with E-state index in [1.807, 2.05) is 0 Å². The second-order valence-electron chi connectivity index (χ2n) is 4.67. The van der Waals surface area contributed by atoms with Crippen LogP contribution in [0, 0.1) is 5.92 Å². The van der Waals surface area contributed by atoms with Gasteiger partial charge in [-0.25, -0.2) is 0 Å². The van der Waals surface area contributed by atoms with Crippen molar-refractivity contribution in [1.82, 2.24) is 0 Å². The third-order valence-electron chi connectivity index (χ3n) is 1.36. The Hall–Kier alpha value is 0.394. The number of hydrogen-bond acceptors (Lipinski definition) is 1. The SMILES string of the molecule is CC(C)CC([SiH3])O[Si](C)(C)C. The quantitative estimate of drug-likeness (QED) is 0.612. The van der Waals surface area contributed by atoms with Gasteiger partial charge in [0, 0.05) is 16.0 Å². The van der Waals surface area contributed by atoms with Crippen molar-refractivity contribution in [3.8, 4) is 0 Å². The van der Waals surface area contributed by atoms with Gasteiger partial charge in [0.05, 0.1) is 0 Å². The van der Waals surface area contributed by atoms with Gasteiger partial charge in [0.15, 0.2) is 8.32 Å². The first kappa shape index (κ1) is 11.4. The summed E-state index contributed by atoms with van der Waals surface area (Å²) < 4.78 is 5.95. The van der Waals surface area contributed by atoms with Crippen LogP contribution in [0.1, 0.15) is 20.3 Å². The molecule has 68 valence electrons. The van der Waals surface area contributed by atoms with Gasteiger partial charge in [-0.05, 0) is 32.0 Å². The maximum atomic E-state index is 5.95. The summed E-state index contributed by atoms with van der Waals surface area (Å²) in [4.78, 5) is 0. The van der Waals surface area contributed by atoms with Crippen LogP contribution in [0.25, 0.3) is 0 Å². The molecular weight excluding hydrogens is 168 g/mol. The molecule has 0 aromatic carbocycles. The van der Waals surface area contributed by atoms with Crippen molar-refractivity contribution in [2.24, 2.45) is 5.92 Å². The van der Waals surface area contributed by atoms with Crippen LogP contribution in [-0.2, 0) is 4.43 Å². The largest absolute Gasteiger partial charge is 0.419 e. The topological polar surface area (TPSA) is 9.23 Å². The summed E-state index contributed by atoms with van der Waals surface area (Å²) in [6.07, 6.45) is 1.25. The average molecular weight is 190 g/mol. The zero-order valence-electron chi connectivity index (χ0n) is 8.77. The Morgan fingerprint density at radius 2 is 1.73 bits per heavy atom. The molecule has 0 N–H and O–H groups in total. The second kappa shape index (κ2) is 4.43. The predicted octanol–water partition coefficient (Wildman–Crippen LogP) is 1.58. The molecule has 0 aliphatic rings. The van der Waals surface area contributed by atoms with Crippen LogP contribution in [0.4, 0.5) is 0 Å². The van der Waals surface area contributed by atoms with Crippen molar-refractivity contribution in [2.45, 2.75) is 45.6 Å². The molecule has 0 bridgehead atoms. The van der Waals surface area contributed by atoms with Crippen LogP contribution in [0.3, 0.4) is 0 Å². The molecule has 0 spiro atoms. The lowest BCUT2D eigenvalue weighted by Crippen LogP contribution is -2.32. The number of rotatable bonds is 4. The first-order valence-corrected chi connectivity index (χ1v) is 9.05. The zero-order chi connectivity index (χ0) is 9.07. The van der Waals surface area contributed by atoms with Crippen molar-refractivity contribution in [1.29, 1.82) is 0 Å². The second-order valence-corrected chi connectivity index (χ2v) is 10.4. The van der Waals surface area contributed by atoms with Gasteiger partial charge < -0.3 is 4.43 Å². The minimum absolute atomic E-state index is 0.585. The van der Waals surface area contributed by atoms with Gasteiger partial charge in [-0.15, -0.1) is 0 Å². The molecule has 0 amide bonds. The molecule has 1 unspecified atom stereocenters. The van der Waals surface area contributed by atoms with Gasteiger partial charge in [0.1, 0.15) is 0 Å². The first-order valence-electron chi connectivity index (χ1n) is 4.49. The van der Waals surface area contributed by atoms with E-state index in [0.717, 1.165) is 5.92 Å². The van der Waals surface area contributed by atoms with E-state index < -0.39 is 8.32 Å². The van der Waals surface area contributed by atoms with Crippen molar-refractivity contribution < 1.29 is 4.43 Å². The van der Waals surface area contributed by atoms with E-state index in [-0.39, 0.29) is 0 Å². The first-order chi connectivity index (χ1) is 4.81. The average Bonchev–Trinajstić information content (AvgIpc) is 1.53. The molecule has 0 radical (unpaired) electrons. The lowest BCUT2D eigenvalue weighted by molar-refractivity contribution is 0.243. The molecule has 0 aromatic heterocycles. The molecule has 0 aliphatic carbocycles. The zero-order valence-corrected chi connectivity index (χ0v) is 11.8. The summed E-state index contributed by atoms with van der Waals surface area (Å²) >= 11 is 0. The maximum Gasteiger partial charge on any atom is 0.183 e. The van der Waals surface area contributed by atoms with Crippen molar-refractivity contribution in [3.63, 3.8) is 0 Å². The Morgan fingerprint density at radius 3 is 2.00 bits per heavy atom. The highest BCUT2D eigenvalue weighted by Crippen LogP contribution is 2.11. The van der Waals surface area contributed by atoms with E-state index in [4.69, 9.17) is 4.43 Å². The van der Waals surface area contributed by atoms with E-state index >= 15 is 0 Å². The molecule has 0 saturated carbocycles. The van der Waals surface area contributed by atoms with Crippen LogP contribution < -0.4 is 0 Å². The van der Waals surface area contributed by atoms with Gasteiger partial charge in [-0.2, -0.15) is 0 Å². The Labute approximate surface area is 75.1 Å². The Balaban J connectivity index is 3.61. The summed E-state index contributed by atoms with van der Waals surface area (Å²) in [5, 5.41) is 0. The monoisotopic (exact) mass is 190 g/mol. The van der Waals surface area contributed by atoms with Crippen LogP contribution in [0.15, 0.2) is 0 Å². The van der Waals surface area contributed by atoms with Crippen LogP contribution in [0.2, 0.25) is 19.6 Å². The molecule has 0 aromatic rings. The lowest BCUT2D eigenvalue weighted by Gasteiger charge is -2.24. The molecule has 0 aliphatic heterocycles. The lowest BCUT2D eigenvalue weighted by atomic mass is 10.1. The Bertz CT molecular complexity index is 107. The Kier molecular flexibility index (Phi) is 4.59. The third-order valence-corrected chi connectivity index (χ3v) is 3.65. The highest BCUT2D eigenvalue weighted by atomic mass is 28.4. The summed E-state index contributed by atoms with van der Waals surface area (Å²) in [6, 6.07) is 0. The van der Waals surface area contributed by atoms with Gasteiger partial charge >= 0.3 is 0 Å². The minimum Gasteiger partial charge on any atom is -0.419 e. The van der Waals surface area contributed by atoms with E-state index in [0.29, 0.717) is 5.73 Å². The summed E-state index contributed by atoms with van der Waals surface area (Å²) in [6.45, 7) is 11.3. The van der Waals surface area contributed by atoms with Gasteiger partial charge in [0.2, 0.25) is 0 Å². The molecular formula is C8H22OSi2. The van der Waals surface area contributed by atoms with Gasteiger partial charge in [-0.3, -0.25) is 0 Å². The third kappa shape index (κ3) is 8.30. The fourth-order valence-corrected chi connectivity index (χ4v) is 5.68. The smallest absolute Gasteiger partial charge is 0.183 e. The molecule has 0 saturated heterocycles. The van der Waals surface area contributed by atoms with Crippen LogP contribution in [0.5, 0.6) is 0 Å². The highest BCUT2D eigenvalue weighted by Gasteiger charge is 2.18. The fraction of sp³-hybridized carbons (Fsp3) is 1.00. The van der Waals surface area contributed by atoms with E-state index in [2.05, 4.69) is 33.5 Å². The van der Waals surface area contributed by atoms with Crippen molar-refractivity contribution >= 4 is 18.6 Å². The summed E-state index contributed by atoms with van der Waals surface area (Å²) in [5.41, 5.74) is 0.585.